The quantitative estimate of drug-likeness (QED) is 0.686. The van der Waals surface area contributed by atoms with E-state index in [4.69, 9.17) is 18.9 Å². The Morgan fingerprint density at radius 1 is 1.37 bits per heavy atom. The molecule has 0 amide bonds. The summed E-state index contributed by atoms with van der Waals surface area (Å²) in [6.07, 6.45) is 2.44. The lowest BCUT2D eigenvalue weighted by molar-refractivity contribution is -0.267. The molecule has 0 saturated carbocycles. The highest BCUT2D eigenvalue weighted by molar-refractivity contribution is 6.00. The molecule has 0 aromatic heterocycles. The molecule has 8 heteroatoms. The Bertz CT molecular complexity index is 874. The molecule has 7 atom stereocenters. The minimum Gasteiger partial charge on any atom is -0.479 e. The Morgan fingerprint density at radius 3 is 2.70 bits per heavy atom. The fraction of sp³-hybridized carbons (Fsp3) is 0.682. The molecular weight excluding hydrogens is 392 g/mol. The smallest absolute Gasteiger partial charge is 0.318 e. The van der Waals surface area contributed by atoms with E-state index in [9.17, 15) is 19.5 Å². The Morgan fingerprint density at radius 2 is 2.07 bits per heavy atom. The molecule has 2 saturated heterocycles. The van der Waals surface area contributed by atoms with Gasteiger partial charge in [0.05, 0.1) is 6.10 Å². The van der Waals surface area contributed by atoms with Crippen molar-refractivity contribution in [3.05, 3.63) is 23.5 Å². The number of ketones is 1. The largest absolute Gasteiger partial charge is 0.479 e. The highest BCUT2D eigenvalue weighted by Crippen LogP contribution is 2.61. The average molecular weight is 420 g/mol. The molecule has 8 nitrogen and oxygen atoms in total. The first-order valence-corrected chi connectivity index (χ1v) is 10.4. The first kappa shape index (κ1) is 21.1. The Labute approximate surface area is 175 Å². The van der Waals surface area contributed by atoms with Crippen LogP contribution in [0.3, 0.4) is 0 Å². The first-order chi connectivity index (χ1) is 14.0. The topological polar surface area (TPSA) is 108 Å². The van der Waals surface area contributed by atoms with Crippen molar-refractivity contribution in [3.63, 3.8) is 0 Å². The highest BCUT2D eigenvalue weighted by Gasteiger charge is 2.75. The van der Waals surface area contributed by atoms with Crippen LogP contribution in [0.15, 0.2) is 23.5 Å². The summed E-state index contributed by atoms with van der Waals surface area (Å²) < 4.78 is 23.1. The fourth-order valence-electron chi connectivity index (χ4n) is 5.25. The number of carbonyl (C=O) groups is 3. The van der Waals surface area contributed by atoms with E-state index in [1.807, 2.05) is 13.8 Å². The number of aliphatic hydroxyl groups is 1. The van der Waals surface area contributed by atoms with Gasteiger partial charge in [0.2, 0.25) is 5.78 Å². The van der Waals surface area contributed by atoms with Crippen molar-refractivity contribution < 1.29 is 38.4 Å². The molecule has 0 aromatic carbocycles. The molecule has 0 spiro atoms. The molecule has 4 rings (SSSR count). The van der Waals surface area contributed by atoms with E-state index < -0.39 is 46.9 Å². The number of hydrogen-bond acceptors (Lipinski definition) is 8. The third-order valence-corrected chi connectivity index (χ3v) is 7.27. The summed E-state index contributed by atoms with van der Waals surface area (Å²) in [5.74, 6) is -3.56. The van der Waals surface area contributed by atoms with Crippen molar-refractivity contribution in [2.75, 3.05) is 6.61 Å². The highest BCUT2D eigenvalue weighted by atomic mass is 16.7. The Kier molecular flexibility index (Phi) is 4.67. The van der Waals surface area contributed by atoms with Crippen molar-refractivity contribution in [2.24, 2.45) is 17.3 Å². The summed E-state index contributed by atoms with van der Waals surface area (Å²) in [4.78, 5) is 37.2. The monoisotopic (exact) mass is 420 g/mol. The molecule has 0 radical (unpaired) electrons. The molecule has 1 N–H and O–H groups in total. The summed E-state index contributed by atoms with van der Waals surface area (Å²) in [5, 5.41) is 11.6. The lowest BCUT2D eigenvalue weighted by atomic mass is 9.66. The van der Waals surface area contributed by atoms with E-state index >= 15 is 0 Å². The van der Waals surface area contributed by atoms with E-state index in [1.165, 1.54) is 13.0 Å². The van der Waals surface area contributed by atoms with Crippen molar-refractivity contribution in [2.45, 2.75) is 71.1 Å². The van der Waals surface area contributed by atoms with E-state index in [-0.39, 0.29) is 24.7 Å². The van der Waals surface area contributed by atoms with Crippen molar-refractivity contribution in [1.29, 1.82) is 0 Å². The van der Waals surface area contributed by atoms with E-state index in [2.05, 4.69) is 0 Å². The van der Waals surface area contributed by atoms with Gasteiger partial charge >= 0.3 is 11.9 Å². The number of hydrogen-bond donors (Lipinski definition) is 1. The van der Waals surface area contributed by atoms with Crippen LogP contribution in [0.25, 0.3) is 0 Å². The number of carbonyl (C=O) groups excluding carboxylic acids is 3. The van der Waals surface area contributed by atoms with E-state index in [0.29, 0.717) is 17.8 Å². The van der Waals surface area contributed by atoms with Crippen LogP contribution in [0.1, 0.15) is 47.5 Å². The zero-order chi connectivity index (χ0) is 22.1. The van der Waals surface area contributed by atoms with Crippen LogP contribution in [0.5, 0.6) is 0 Å². The van der Waals surface area contributed by atoms with Gasteiger partial charge in [-0.3, -0.25) is 14.4 Å². The molecule has 4 heterocycles. The fourth-order valence-corrected chi connectivity index (χ4v) is 5.25. The van der Waals surface area contributed by atoms with Crippen LogP contribution in [0.4, 0.5) is 0 Å². The van der Waals surface area contributed by atoms with Crippen LogP contribution < -0.4 is 0 Å². The zero-order valence-corrected chi connectivity index (χ0v) is 17.9. The number of rotatable bonds is 4. The van der Waals surface area contributed by atoms with Crippen LogP contribution in [0.2, 0.25) is 0 Å². The summed E-state index contributed by atoms with van der Waals surface area (Å²) in [5.41, 5.74) is -2.07. The average Bonchev–Trinajstić information content (AvgIpc) is 3.20. The van der Waals surface area contributed by atoms with Gasteiger partial charge in [0.1, 0.15) is 23.9 Å². The number of fused-ring (bicyclic) bond motifs is 2. The minimum atomic E-state index is -1.74. The van der Waals surface area contributed by atoms with Gasteiger partial charge in [-0.25, -0.2) is 0 Å². The number of esters is 2. The molecule has 4 aliphatic rings. The summed E-state index contributed by atoms with van der Waals surface area (Å²) >= 11 is 0. The normalized spacial score (nSPS) is 44.5. The molecule has 0 aliphatic carbocycles. The maximum absolute atomic E-state index is 13.1. The molecule has 0 unspecified atom stereocenters. The second-order valence-electron chi connectivity index (χ2n) is 9.14. The third-order valence-electron chi connectivity index (χ3n) is 7.27. The van der Waals surface area contributed by atoms with Gasteiger partial charge in [0, 0.05) is 36.8 Å². The summed E-state index contributed by atoms with van der Waals surface area (Å²) in [7, 11) is 0. The van der Waals surface area contributed by atoms with Gasteiger partial charge in [0.15, 0.2) is 11.4 Å². The molecule has 164 valence electrons. The van der Waals surface area contributed by atoms with Gasteiger partial charge in [-0.15, -0.1) is 0 Å². The molecule has 0 aromatic rings. The molecule has 2 bridgehead atoms. The maximum atomic E-state index is 13.1. The zero-order valence-electron chi connectivity index (χ0n) is 17.9. The van der Waals surface area contributed by atoms with Gasteiger partial charge in [-0.1, -0.05) is 13.8 Å². The van der Waals surface area contributed by atoms with E-state index in [0.717, 1.165) is 0 Å². The van der Waals surface area contributed by atoms with Gasteiger partial charge < -0.3 is 24.1 Å². The van der Waals surface area contributed by atoms with Crippen LogP contribution >= 0.6 is 0 Å². The van der Waals surface area contributed by atoms with Crippen LogP contribution in [-0.4, -0.2) is 53.0 Å². The lowest BCUT2D eigenvalue weighted by Gasteiger charge is -2.38. The molecule has 2 fully saturated rings. The SMILES string of the molecule is CC[C@H](C)[C@@]1(O)O[C@H]2C[C@@]3(C)OC(=CC3=O)/C(COC(C)=O)=C\[C@H]3OC(=O)[C@@]1(C)[C@H]23. The van der Waals surface area contributed by atoms with Crippen molar-refractivity contribution in [3.8, 4) is 0 Å². The van der Waals surface area contributed by atoms with Gasteiger partial charge in [-0.2, -0.15) is 0 Å². The van der Waals surface area contributed by atoms with Crippen LogP contribution in [0, 0.1) is 17.3 Å². The molecular formula is C22H28O8. The Balaban J connectivity index is 1.84. The predicted octanol–water partition coefficient (Wildman–Crippen LogP) is 1.80. The molecule has 4 aliphatic heterocycles. The molecule has 30 heavy (non-hydrogen) atoms. The summed E-state index contributed by atoms with van der Waals surface area (Å²) in [6, 6.07) is 0. The third kappa shape index (κ3) is 2.69. The second-order valence-corrected chi connectivity index (χ2v) is 9.14. The second kappa shape index (κ2) is 6.65. The first-order valence-electron chi connectivity index (χ1n) is 10.4. The minimum absolute atomic E-state index is 0.122. The Hall–Kier alpha value is -2.19. The van der Waals surface area contributed by atoms with Crippen LogP contribution in [-0.2, 0) is 33.3 Å². The predicted molar refractivity (Wildman–Crippen MR) is 103 cm³/mol. The summed E-state index contributed by atoms with van der Waals surface area (Å²) in [6.45, 7) is 8.25. The van der Waals surface area contributed by atoms with Gasteiger partial charge in [0.25, 0.3) is 0 Å². The van der Waals surface area contributed by atoms with Crippen molar-refractivity contribution >= 4 is 17.7 Å². The van der Waals surface area contributed by atoms with Crippen molar-refractivity contribution in [1.82, 2.24) is 0 Å². The maximum Gasteiger partial charge on any atom is 0.318 e. The lowest BCUT2D eigenvalue weighted by Crippen LogP contribution is -2.53. The standard InChI is InChI=1S/C22H28O8/c1-6-11(2)22(26)21(5)18-15(28-19(21)25)7-13(10-27-12(3)23)14-8-17(24)20(4,29-14)9-16(18)30-22/h7-8,11,15-16,18,26H,6,9-10H2,1-5H3/b13-7-/t11-,15+,16-,18-,20+,21+,22+/m0/s1. The van der Waals surface area contributed by atoms with Gasteiger partial charge in [-0.05, 0) is 26.3 Å². The number of ether oxygens (including phenoxy) is 4. The van der Waals surface area contributed by atoms with E-state index in [1.54, 1.807) is 19.9 Å².